The third-order valence-corrected chi connectivity index (χ3v) is 7.13. The molecule has 3 rings (SSSR count). The van der Waals surface area contributed by atoms with E-state index in [1.54, 1.807) is 23.0 Å². The van der Waals surface area contributed by atoms with Gasteiger partial charge in [-0.1, -0.05) is 6.42 Å². The molecule has 1 amide bonds. The number of hydrogen-bond donors (Lipinski definition) is 1. The van der Waals surface area contributed by atoms with Crippen molar-refractivity contribution in [3.05, 3.63) is 46.7 Å². The fraction of sp³-hybridized carbons (Fsp3) is 0.444. The molecule has 2 heterocycles. The number of carbonyl (C=O) groups excluding carboxylic acids is 1. The highest BCUT2D eigenvalue weighted by molar-refractivity contribution is 9.10. The number of nitrogens with one attached hydrogen (secondary N) is 1. The van der Waals surface area contributed by atoms with Crippen LogP contribution in [-0.2, 0) is 16.6 Å². The Balaban J connectivity index is 1.66. The van der Waals surface area contributed by atoms with Gasteiger partial charge in [-0.15, -0.1) is 0 Å². The van der Waals surface area contributed by atoms with Crippen LogP contribution in [0.15, 0.2) is 46.0 Å². The molecule has 0 unspecified atom stereocenters. The molecule has 1 N–H and O–H groups in total. The average Bonchev–Trinajstić information content (AvgIpc) is 3.19. The third-order valence-electron chi connectivity index (χ3n) is 4.54. The number of carbonyl (C=O) groups is 1. The number of aryl methyl sites for hydroxylation is 1. The minimum atomic E-state index is -3.57. The van der Waals surface area contributed by atoms with Gasteiger partial charge < -0.3 is 5.32 Å². The Labute approximate surface area is 167 Å². The van der Waals surface area contributed by atoms with Crippen LogP contribution in [0, 0.1) is 0 Å². The predicted molar refractivity (Wildman–Crippen MR) is 106 cm³/mol. The van der Waals surface area contributed by atoms with E-state index < -0.39 is 10.0 Å². The quantitative estimate of drug-likeness (QED) is 0.651. The van der Waals surface area contributed by atoms with Gasteiger partial charge in [0.1, 0.15) is 0 Å². The van der Waals surface area contributed by atoms with Gasteiger partial charge in [0.2, 0.25) is 10.0 Å². The first-order chi connectivity index (χ1) is 13.0. The van der Waals surface area contributed by atoms with Gasteiger partial charge in [-0.25, -0.2) is 8.42 Å². The van der Waals surface area contributed by atoms with Crippen LogP contribution in [0.5, 0.6) is 0 Å². The highest BCUT2D eigenvalue weighted by Crippen LogP contribution is 2.25. The first-order valence-electron chi connectivity index (χ1n) is 9.04. The monoisotopic (exact) mass is 454 g/mol. The Kier molecular flexibility index (Phi) is 6.67. The van der Waals surface area contributed by atoms with Crippen molar-refractivity contribution in [3.8, 4) is 0 Å². The molecule has 146 valence electrons. The number of piperidine rings is 1. The second-order valence-corrected chi connectivity index (χ2v) is 9.28. The summed E-state index contributed by atoms with van der Waals surface area (Å²) in [4.78, 5) is 12.7. The van der Waals surface area contributed by atoms with Gasteiger partial charge in [0, 0.05) is 43.0 Å². The van der Waals surface area contributed by atoms with Gasteiger partial charge in [-0.05, 0) is 59.5 Å². The average molecular weight is 455 g/mol. The topological polar surface area (TPSA) is 84.3 Å². The molecule has 0 bridgehead atoms. The summed E-state index contributed by atoms with van der Waals surface area (Å²) in [5.74, 6) is -0.293. The molecular weight excluding hydrogens is 432 g/mol. The Hall–Kier alpha value is -1.71. The lowest BCUT2D eigenvalue weighted by atomic mass is 10.2. The number of nitrogens with zero attached hydrogens (tertiary/aromatic N) is 3. The van der Waals surface area contributed by atoms with Crippen LogP contribution in [0.3, 0.4) is 0 Å². The molecule has 27 heavy (non-hydrogen) atoms. The van der Waals surface area contributed by atoms with Gasteiger partial charge >= 0.3 is 0 Å². The zero-order valence-corrected chi connectivity index (χ0v) is 17.4. The van der Waals surface area contributed by atoms with Crippen LogP contribution in [0.2, 0.25) is 0 Å². The number of aromatic nitrogens is 2. The molecule has 2 aromatic rings. The molecular formula is C18H23BrN4O3S. The Morgan fingerprint density at radius 3 is 2.70 bits per heavy atom. The lowest BCUT2D eigenvalue weighted by Crippen LogP contribution is -2.35. The van der Waals surface area contributed by atoms with Gasteiger partial charge in [0.15, 0.2) is 0 Å². The van der Waals surface area contributed by atoms with E-state index >= 15 is 0 Å². The van der Waals surface area contributed by atoms with Gasteiger partial charge in [-0.3, -0.25) is 9.48 Å². The summed E-state index contributed by atoms with van der Waals surface area (Å²) in [5, 5.41) is 6.96. The summed E-state index contributed by atoms with van der Waals surface area (Å²) in [6.45, 7) is 2.26. The van der Waals surface area contributed by atoms with E-state index in [1.165, 1.54) is 10.4 Å². The van der Waals surface area contributed by atoms with E-state index in [4.69, 9.17) is 0 Å². The molecule has 0 spiro atoms. The molecule has 1 aromatic heterocycles. The van der Waals surface area contributed by atoms with Crippen LogP contribution in [0.25, 0.3) is 0 Å². The number of amides is 1. The summed E-state index contributed by atoms with van der Waals surface area (Å²) in [5.41, 5.74) is 0.326. The Morgan fingerprint density at radius 2 is 2.00 bits per heavy atom. The summed E-state index contributed by atoms with van der Waals surface area (Å²) in [7, 11) is -3.57. The summed E-state index contributed by atoms with van der Waals surface area (Å²) in [6, 6.07) is 6.47. The van der Waals surface area contributed by atoms with E-state index in [1.807, 2.05) is 12.3 Å². The molecule has 0 saturated carbocycles. The normalized spacial score (nSPS) is 15.6. The molecule has 0 atom stereocenters. The molecule has 9 heteroatoms. The van der Waals surface area contributed by atoms with Crippen LogP contribution in [-0.4, -0.2) is 48.0 Å². The van der Waals surface area contributed by atoms with Crippen molar-refractivity contribution in [2.24, 2.45) is 0 Å². The van der Waals surface area contributed by atoms with Gasteiger partial charge in [-0.2, -0.15) is 9.40 Å². The molecule has 7 nitrogen and oxygen atoms in total. The summed E-state index contributed by atoms with van der Waals surface area (Å²) in [6.07, 6.45) is 7.12. The molecule has 1 fully saturated rings. The molecule has 1 aromatic carbocycles. The number of rotatable bonds is 7. The maximum atomic E-state index is 12.8. The van der Waals surface area contributed by atoms with Crippen molar-refractivity contribution < 1.29 is 13.2 Å². The largest absolute Gasteiger partial charge is 0.352 e. The number of benzene rings is 1. The zero-order chi connectivity index (χ0) is 19.3. The fourth-order valence-electron chi connectivity index (χ4n) is 3.06. The number of sulfonamides is 1. The Morgan fingerprint density at radius 1 is 1.22 bits per heavy atom. The zero-order valence-electron chi connectivity index (χ0n) is 15.0. The van der Waals surface area contributed by atoms with Crippen LogP contribution in [0.1, 0.15) is 36.0 Å². The number of halogens is 1. The predicted octanol–water partition coefficient (Wildman–Crippen LogP) is 2.64. The van der Waals surface area contributed by atoms with Crippen molar-refractivity contribution in [1.82, 2.24) is 19.4 Å². The summed E-state index contributed by atoms with van der Waals surface area (Å²) >= 11 is 3.35. The van der Waals surface area contributed by atoms with Crippen molar-refractivity contribution in [1.29, 1.82) is 0 Å². The molecule has 1 aliphatic heterocycles. The van der Waals surface area contributed by atoms with Crippen LogP contribution < -0.4 is 5.32 Å². The minimum absolute atomic E-state index is 0.161. The first-order valence-corrected chi connectivity index (χ1v) is 11.3. The van der Waals surface area contributed by atoms with Crippen molar-refractivity contribution >= 4 is 31.9 Å². The van der Waals surface area contributed by atoms with E-state index in [0.29, 0.717) is 36.2 Å². The van der Waals surface area contributed by atoms with Gasteiger partial charge in [0.05, 0.1) is 10.5 Å². The smallest absolute Gasteiger partial charge is 0.252 e. The van der Waals surface area contributed by atoms with Crippen LogP contribution in [0.4, 0.5) is 0 Å². The van der Waals surface area contributed by atoms with E-state index in [2.05, 4.69) is 26.3 Å². The standard InChI is InChI=1S/C18H23BrN4O3S/c19-17-7-6-15(27(25,26)23-12-2-1-3-13-23)14-16(17)18(24)20-8-4-10-22-11-5-9-21-22/h5-7,9,11,14H,1-4,8,10,12-13H2,(H,20,24). The molecule has 1 saturated heterocycles. The first kappa shape index (κ1) is 20.0. The second kappa shape index (κ2) is 8.99. The second-order valence-electron chi connectivity index (χ2n) is 6.48. The van der Waals surface area contributed by atoms with E-state index in [-0.39, 0.29) is 10.8 Å². The summed E-state index contributed by atoms with van der Waals surface area (Å²) < 4.78 is 29.5. The maximum absolute atomic E-state index is 12.8. The molecule has 0 aliphatic carbocycles. The lowest BCUT2D eigenvalue weighted by molar-refractivity contribution is 0.0951. The highest BCUT2D eigenvalue weighted by Gasteiger charge is 2.27. The fourth-order valence-corrected chi connectivity index (χ4v) is 5.03. The van der Waals surface area contributed by atoms with E-state index in [9.17, 15) is 13.2 Å². The van der Waals surface area contributed by atoms with E-state index in [0.717, 1.165) is 25.7 Å². The highest BCUT2D eigenvalue weighted by atomic mass is 79.9. The third kappa shape index (κ3) is 4.97. The Bertz CT molecular complexity index is 878. The maximum Gasteiger partial charge on any atom is 0.252 e. The molecule has 0 radical (unpaired) electrons. The van der Waals surface area contributed by atoms with Crippen molar-refractivity contribution in [2.45, 2.75) is 37.1 Å². The minimum Gasteiger partial charge on any atom is -0.352 e. The SMILES string of the molecule is O=C(NCCCn1cccn1)c1cc(S(=O)(=O)N2CCCCC2)ccc1Br. The van der Waals surface area contributed by atoms with Gasteiger partial charge in [0.25, 0.3) is 5.91 Å². The van der Waals surface area contributed by atoms with Crippen molar-refractivity contribution in [3.63, 3.8) is 0 Å². The van der Waals surface area contributed by atoms with Crippen LogP contribution >= 0.6 is 15.9 Å². The lowest BCUT2D eigenvalue weighted by Gasteiger charge is -2.26. The number of hydrogen-bond acceptors (Lipinski definition) is 4. The van der Waals surface area contributed by atoms with Crippen molar-refractivity contribution in [2.75, 3.05) is 19.6 Å². The molecule has 1 aliphatic rings.